The van der Waals surface area contributed by atoms with Gasteiger partial charge in [0, 0.05) is 19.1 Å². The summed E-state index contributed by atoms with van der Waals surface area (Å²) in [6.45, 7) is 4.66. The molecule has 0 radical (unpaired) electrons. The number of anilines is 1. The fourth-order valence-corrected chi connectivity index (χ4v) is 4.37. The lowest BCUT2D eigenvalue weighted by Gasteiger charge is -2.24. The molecule has 2 aliphatic heterocycles. The van der Waals surface area contributed by atoms with E-state index >= 15 is 0 Å². The van der Waals surface area contributed by atoms with Crippen molar-refractivity contribution in [2.45, 2.75) is 25.3 Å². The van der Waals surface area contributed by atoms with Crippen LogP contribution in [0.25, 0.3) is 10.2 Å². The second kappa shape index (κ2) is 5.13. The van der Waals surface area contributed by atoms with E-state index in [1.165, 1.54) is 32.4 Å². The van der Waals surface area contributed by atoms with E-state index in [1.54, 1.807) is 11.3 Å². The Morgan fingerprint density at radius 2 is 2.05 bits per heavy atom. The Kier molecular flexibility index (Phi) is 3.28. The maximum absolute atomic E-state index is 6.07. The number of hydrogen-bond acceptors (Lipinski definition) is 5. The summed E-state index contributed by atoms with van der Waals surface area (Å²) in [5.74, 6) is 1.02. The van der Waals surface area contributed by atoms with Crippen molar-refractivity contribution in [1.82, 2.24) is 14.9 Å². The van der Waals surface area contributed by atoms with Gasteiger partial charge in [0.05, 0.1) is 5.39 Å². The summed E-state index contributed by atoms with van der Waals surface area (Å²) < 4.78 is 0. The van der Waals surface area contributed by atoms with E-state index in [4.69, 9.17) is 11.6 Å². The van der Waals surface area contributed by atoms with Crippen molar-refractivity contribution >= 4 is 39.0 Å². The van der Waals surface area contributed by atoms with Crippen molar-refractivity contribution in [2.24, 2.45) is 0 Å². The molecule has 1 unspecified atom stereocenters. The first kappa shape index (κ1) is 12.8. The highest BCUT2D eigenvalue weighted by Crippen LogP contribution is 2.32. The van der Waals surface area contributed by atoms with Gasteiger partial charge in [-0.3, -0.25) is 4.90 Å². The molecule has 6 heteroatoms. The lowest BCUT2D eigenvalue weighted by Crippen LogP contribution is -2.35. The first-order chi connectivity index (χ1) is 9.81. The summed E-state index contributed by atoms with van der Waals surface area (Å²) in [7, 11) is 0. The van der Waals surface area contributed by atoms with E-state index < -0.39 is 0 Å². The average Bonchev–Trinajstić information content (AvgIpc) is 3.18. The van der Waals surface area contributed by atoms with Crippen LogP contribution in [0.5, 0.6) is 0 Å². The molecule has 2 saturated heterocycles. The molecule has 2 aliphatic rings. The Bertz CT molecular complexity index is 623. The van der Waals surface area contributed by atoms with Gasteiger partial charge in [-0.25, -0.2) is 4.98 Å². The number of likely N-dealkylation sites (tertiary alicyclic amines) is 1. The van der Waals surface area contributed by atoms with Gasteiger partial charge in [-0.05, 0) is 55.4 Å². The molecule has 0 saturated carbocycles. The highest BCUT2D eigenvalue weighted by atomic mass is 35.5. The van der Waals surface area contributed by atoms with Crippen molar-refractivity contribution in [3.05, 3.63) is 16.7 Å². The van der Waals surface area contributed by atoms with Crippen LogP contribution in [-0.4, -0.2) is 47.1 Å². The molecule has 2 aromatic rings. The summed E-state index contributed by atoms with van der Waals surface area (Å²) in [5, 5.41) is 3.56. The molecule has 0 spiro atoms. The van der Waals surface area contributed by atoms with E-state index in [0.717, 1.165) is 29.1 Å². The normalized spacial score (nSPS) is 24.1. The number of hydrogen-bond donors (Lipinski definition) is 0. The van der Waals surface area contributed by atoms with Crippen LogP contribution in [0, 0.1) is 0 Å². The minimum Gasteiger partial charge on any atom is -0.354 e. The third kappa shape index (κ3) is 2.18. The molecule has 0 aliphatic carbocycles. The highest BCUT2D eigenvalue weighted by Gasteiger charge is 2.30. The van der Waals surface area contributed by atoms with Crippen LogP contribution in [-0.2, 0) is 0 Å². The van der Waals surface area contributed by atoms with Gasteiger partial charge in [0.1, 0.15) is 10.6 Å². The second-order valence-electron chi connectivity index (χ2n) is 5.59. The third-order valence-corrected chi connectivity index (χ3v) is 5.37. The van der Waals surface area contributed by atoms with Crippen LogP contribution in [0.15, 0.2) is 11.4 Å². The molecule has 0 N–H and O–H groups in total. The van der Waals surface area contributed by atoms with E-state index in [9.17, 15) is 0 Å². The standard InChI is InChI=1S/C14H17ClN4S/c15-14-16-12(11-4-8-20-13(11)17-14)19-7-3-10(9-19)18-5-1-2-6-18/h4,8,10H,1-3,5-7,9H2. The zero-order valence-electron chi connectivity index (χ0n) is 11.3. The largest absolute Gasteiger partial charge is 0.354 e. The van der Waals surface area contributed by atoms with Crippen LogP contribution < -0.4 is 4.90 Å². The number of thiophene rings is 1. The predicted molar refractivity (Wildman–Crippen MR) is 83.9 cm³/mol. The van der Waals surface area contributed by atoms with Gasteiger partial charge < -0.3 is 4.90 Å². The van der Waals surface area contributed by atoms with Crippen molar-refractivity contribution in [3.8, 4) is 0 Å². The van der Waals surface area contributed by atoms with Crippen molar-refractivity contribution < 1.29 is 0 Å². The van der Waals surface area contributed by atoms with E-state index in [2.05, 4.69) is 31.2 Å². The van der Waals surface area contributed by atoms with Gasteiger partial charge in [0.25, 0.3) is 0 Å². The van der Waals surface area contributed by atoms with Crippen LogP contribution in [0.2, 0.25) is 5.28 Å². The number of rotatable bonds is 2. The predicted octanol–water partition coefficient (Wildman–Crippen LogP) is 3.02. The molecule has 4 nitrogen and oxygen atoms in total. The fourth-order valence-electron chi connectivity index (χ4n) is 3.39. The number of halogens is 1. The summed E-state index contributed by atoms with van der Waals surface area (Å²) in [6, 6.07) is 2.79. The van der Waals surface area contributed by atoms with E-state index in [-0.39, 0.29) is 0 Å². The molecule has 1 atom stereocenters. The lowest BCUT2D eigenvalue weighted by molar-refractivity contribution is 0.260. The Morgan fingerprint density at radius 3 is 2.90 bits per heavy atom. The molecule has 2 fully saturated rings. The van der Waals surface area contributed by atoms with E-state index in [0.29, 0.717) is 11.3 Å². The fraction of sp³-hybridized carbons (Fsp3) is 0.571. The number of nitrogens with zero attached hydrogens (tertiary/aromatic N) is 4. The van der Waals surface area contributed by atoms with Gasteiger partial charge in [0.2, 0.25) is 5.28 Å². The quantitative estimate of drug-likeness (QED) is 0.798. The summed E-state index contributed by atoms with van der Waals surface area (Å²) in [6.07, 6.45) is 3.93. The molecule has 0 bridgehead atoms. The Balaban J connectivity index is 1.62. The average molecular weight is 309 g/mol. The maximum atomic E-state index is 6.07. The van der Waals surface area contributed by atoms with Crippen LogP contribution in [0.3, 0.4) is 0 Å². The van der Waals surface area contributed by atoms with E-state index in [1.807, 2.05) is 0 Å². The molecule has 4 heterocycles. The molecule has 0 aromatic carbocycles. The van der Waals surface area contributed by atoms with Gasteiger partial charge >= 0.3 is 0 Å². The van der Waals surface area contributed by atoms with Crippen LogP contribution in [0.4, 0.5) is 5.82 Å². The summed E-state index contributed by atoms with van der Waals surface area (Å²) >= 11 is 7.70. The molecular formula is C14H17ClN4S. The zero-order valence-corrected chi connectivity index (χ0v) is 12.8. The van der Waals surface area contributed by atoms with Crippen LogP contribution in [0.1, 0.15) is 19.3 Å². The van der Waals surface area contributed by atoms with Crippen molar-refractivity contribution in [3.63, 3.8) is 0 Å². The van der Waals surface area contributed by atoms with Crippen molar-refractivity contribution in [1.29, 1.82) is 0 Å². The molecule has 20 heavy (non-hydrogen) atoms. The first-order valence-electron chi connectivity index (χ1n) is 7.21. The summed E-state index contributed by atoms with van der Waals surface area (Å²) in [4.78, 5) is 14.8. The Morgan fingerprint density at radius 1 is 1.20 bits per heavy atom. The van der Waals surface area contributed by atoms with Gasteiger partial charge in [0.15, 0.2) is 0 Å². The molecule has 0 amide bonds. The van der Waals surface area contributed by atoms with Gasteiger partial charge in [-0.2, -0.15) is 4.98 Å². The topological polar surface area (TPSA) is 32.3 Å². The zero-order chi connectivity index (χ0) is 13.5. The maximum Gasteiger partial charge on any atom is 0.225 e. The first-order valence-corrected chi connectivity index (χ1v) is 8.47. The Hall–Kier alpha value is -0.910. The SMILES string of the molecule is Clc1nc(N2CCC(N3CCCC3)C2)c2ccsc2n1. The molecule has 2 aromatic heterocycles. The summed E-state index contributed by atoms with van der Waals surface area (Å²) in [5.41, 5.74) is 0. The monoisotopic (exact) mass is 308 g/mol. The Labute approximate surface area is 127 Å². The van der Waals surface area contributed by atoms with Crippen molar-refractivity contribution in [2.75, 3.05) is 31.1 Å². The van der Waals surface area contributed by atoms with Crippen LogP contribution >= 0.6 is 22.9 Å². The number of aromatic nitrogens is 2. The van der Waals surface area contributed by atoms with Gasteiger partial charge in [-0.1, -0.05) is 0 Å². The number of fused-ring (bicyclic) bond motifs is 1. The molecular weight excluding hydrogens is 292 g/mol. The third-order valence-electron chi connectivity index (χ3n) is 4.40. The lowest BCUT2D eigenvalue weighted by atomic mass is 10.2. The van der Waals surface area contributed by atoms with Gasteiger partial charge in [-0.15, -0.1) is 11.3 Å². The molecule has 4 rings (SSSR count). The molecule has 106 valence electrons. The minimum absolute atomic E-state index is 0.361. The smallest absolute Gasteiger partial charge is 0.225 e. The second-order valence-corrected chi connectivity index (χ2v) is 6.82. The minimum atomic E-state index is 0.361. The highest BCUT2D eigenvalue weighted by molar-refractivity contribution is 7.16.